The molecule has 0 spiro atoms. The van der Waals surface area contributed by atoms with Gasteiger partial charge in [0.2, 0.25) is 0 Å². The van der Waals surface area contributed by atoms with E-state index in [-0.39, 0.29) is 0 Å². The molecule has 0 heterocycles. The fraction of sp³-hybridized carbons (Fsp3) is 0.647. The van der Waals surface area contributed by atoms with Gasteiger partial charge in [-0.15, -0.1) is 0 Å². The Labute approximate surface area is 125 Å². The molecule has 2 aliphatic rings. The minimum Gasteiger partial charge on any atom is -0.381 e. The molecule has 1 N–H and O–H groups in total. The van der Waals surface area contributed by atoms with Gasteiger partial charge in [0.25, 0.3) is 0 Å². The zero-order chi connectivity index (χ0) is 13.8. The summed E-state index contributed by atoms with van der Waals surface area (Å²) in [5.41, 5.74) is 3.50. The summed E-state index contributed by atoms with van der Waals surface area (Å²) in [5.74, 6) is 0.891. The minimum atomic E-state index is 0.405. The van der Waals surface area contributed by atoms with E-state index in [1.807, 2.05) is 0 Å². The smallest absolute Gasteiger partial charge is 0.0383 e. The topological polar surface area (TPSA) is 12.0 Å². The third-order valence-electron chi connectivity index (χ3n) is 5.84. The highest BCUT2D eigenvalue weighted by atomic mass is 79.9. The average molecular weight is 322 g/mol. The van der Waals surface area contributed by atoms with Crippen LogP contribution in [-0.2, 0) is 0 Å². The molecule has 0 aromatic heterocycles. The number of hydrogen-bond donors (Lipinski definition) is 1. The van der Waals surface area contributed by atoms with E-state index in [9.17, 15) is 0 Å². The molecule has 1 aromatic rings. The molecule has 19 heavy (non-hydrogen) atoms. The van der Waals surface area contributed by atoms with Crippen LogP contribution in [-0.4, -0.2) is 6.04 Å². The van der Waals surface area contributed by atoms with Crippen molar-refractivity contribution in [1.29, 1.82) is 0 Å². The molecule has 3 unspecified atom stereocenters. The Bertz CT molecular complexity index is 503. The lowest BCUT2D eigenvalue weighted by Gasteiger charge is -2.44. The number of anilines is 1. The molecule has 2 bridgehead atoms. The first-order valence-corrected chi connectivity index (χ1v) is 8.15. The van der Waals surface area contributed by atoms with Gasteiger partial charge in [-0.1, -0.05) is 42.8 Å². The van der Waals surface area contributed by atoms with Crippen LogP contribution in [0.4, 0.5) is 5.69 Å². The van der Waals surface area contributed by atoms with E-state index in [0.29, 0.717) is 16.9 Å². The summed E-state index contributed by atoms with van der Waals surface area (Å²) in [5, 5.41) is 3.88. The van der Waals surface area contributed by atoms with Gasteiger partial charge in [0.15, 0.2) is 0 Å². The quantitative estimate of drug-likeness (QED) is 0.770. The Balaban J connectivity index is 1.93. The molecule has 104 valence electrons. The number of benzene rings is 1. The Kier molecular flexibility index (Phi) is 3.01. The van der Waals surface area contributed by atoms with Crippen molar-refractivity contribution in [3.05, 3.63) is 28.2 Å². The van der Waals surface area contributed by atoms with Crippen LogP contribution in [0, 0.1) is 23.7 Å². The average Bonchev–Trinajstić information content (AvgIpc) is 2.81. The maximum atomic E-state index is 3.88. The molecular weight excluding hydrogens is 298 g/mol. The van der Waals surface area contributed by atoms with Crippen LogP contribution in [0.3, 0.4) is 0 Å². The van der Waals surface area contributed by atoms with E-state index >= 15 is 0 Å². The number of hydrogen-bond acceptors (Lipinski definition) is 1. The summed E-state index contributed by atoms with van der Waals surface area (Å²) in [7, 11) is 0. The van der Waals surface area contributed by atoms with Crippen LogP contribution in [0.2, 0.25) is 0 Å². The first kappa shape index (κ1) is 13.5. The van der Waals surface area contributed by atoms with Gasteiger partial charge in [-0.2, -0.15) is 0 Å². The molecule has 0 amide bonds. The molecule has 2 heteroatoms. The van der Waals surface area contributed by atoms with Gasteiger partial charge >= 0.3 is 0 Å². The predicted molar refractivity (Wildman–Crippen MR) is 85.5 cm³/mol. The van der Waals surface area contributed by atoms with Crippen molar-refractivity contribution >= 4 is 21.6 Å². The summed E-state index contributed by atoms with van der Waals surface area (Å²) < 4.78 is 1.20. The molecule has 3 atom stereocenters. The van der Waals surface area contributed by atoms with Crippen LogP contribution in [0.15, 0.2) is 22.7 Å². The first-order chi connectivity index (χ1) is 8.84. The molecule has 2 fully saturated rings. The van der Waals surface area contributed by atoms with Crippen molar-refractivity contribution in [2.24, 2.45) is 16.7 Å². The van der Waals surface area contributed by atoms with Crippen molar-refractivity contribution in [2.75, 3.05) is 5.32 Å². The SMILES string of the molecule is Cc1c(Br)cccc1NC1C2(C)CCC(C2)C1(C)C. The summed E-state index contributed by atoms with van der Waals surface area (Å²) in [6.45, 7) is 9.57. The van der Waals surface area contributed by atoms with Crippen molar-refractivity contribution in [2.45, 2.75) is 53.0 Å². The minimum absolute atomic E-state index is 0.405. The highest BCUT2D eigenvalue weighted by Crippen LogP contribution is 2.63. The zero-order valence-electron chi connectivity index (χ0n) is 12.4. The fourth-order valence-electron chi connectivity index (χ4n) is 4.58. The highest BCUT2D eigenvalue weighted by molar-refractivity contribution is 9.10. The number of nitrogens with one attached hydrogen (secondary N) is 1. The predicted octanol–water partition coefficient (Wildman–Crippen LogP) is 5.38. The van der Waals surface area contributed by atoms with Gasteiger partial charge in [0.05, 0.1) is 0 Å². The number of halogens is 1. The Hall–Kier alpha value is -0.500. The lowest BCUT2D eigenvalue weighted by atomic mass is 9.68. The highest BCUT2D eigenvalue weighted by Gasteiger charge is 2.59. The van der Waals surface area contributed by atoms with Gasteiger partial charge in [-0.3, -0.25) is 0 Å². The van der Waals surface area contributed by atoms with Crippen LogP contribution >= 0.6 is 15.9 Å². The van der Waals surface area contributed by atoms with Crippen LogP contribution in [0.5, 0.6) is 0 Å². The Morgan fingerprint density at radius 1 is 1.26 bits per heavy atom. The Morgan fingerprint density at radius 3 is 2.63 bits per heavy atom. The summed E-state index contributed by atoms with van der Waals surface area (Å²) in [6, 6.07) is 7.05. The molecule has 2 aliphatic carbocycles. The largest absolute Gasteiger partial charge is 0.381 e. The van der Waals surface area contributed by atoms with Gasteiger partial charge < -0.3 is 5.32 Å². The van der Waals surface area contributed by atoms with E-state index in [4.69, 9.17) is 0 Å². The third kappa shape index (κ3) is 1.94. The molecule has 0 aliphatic heterocycles. The second-order valence-electron chi connectivity index (χ2n) is 7.40. The summed E-state index contributed by atoms with van der Waals surface area (Å²) >= 11 is 3.64. The van der Waals surface area contributed by atoms with E-state index in [1.165, 1.54) is 35.0 Å². The van der Waals surface area contributed by atoms with Gasteiger partial charge in [-0.25, -0.2) is 0 Å². The molecule has 3 rings (SSSR count). The fourth-order valence-corrected chi connectivity index (χ4v) is 4.95. The molecule has 0 radical (unpaired) electrons. The van der Waals surface area contributed by atoms with Crippen molar-refractivity contribution in [1.82, 2.24) is 0 Å². The third-order valence-corrected chi connectivity index (χ3v) is 6.70. The van der Waals surface area contributed by atoms with Crippen LogP contribution in [0.1, 0.15) is 45.6 Å². The lowest BCUT2D eigenvalue weighted by molar-refractivity contribution is 0.155. The number of fused-ring (bicyclic) bond motifs is 2. The zero-order valence-corrected chi connectivity index (χ0v) is 14.0. The van der Waals surface area contributed by atoms with Crippen LogP contribution < -0.4 is 5.32 Å². The normalized spacial score (nSPS) is 35.6. The van der Waals surface area contributed by atoms with Crippen LogP contribution in [0.25, 0.3) is 0 Å². The molecule has 1 nitrogen and oxygen atoms in total. The molecular formula is C17H24BrN. The van der Waals surface area contributed by atoms with Gasteiger partial charge in [0, 0.05) is 16.2 Å². The van der Waals surface area contributed by atoms with E-state index in [0.717, 1.165) is 5.92 Å². The van der Waals surface area contributed by atoms with E-state index in [2.05, 4.69) is 67.1 Å². The Morgan fingerprint density at radius 2 is 2.00 bits per heavy atom. The molecule has 1 aromatic carbocycles. The maximum Gasteiger partial charge on any atom is 0.0383 e. The maximum absolute atomic E-state index is 3.88. The monoisotopic (exact) mass is 321 g/mol. The van der Waals surface area contributed by atoms with Gasteiger partial charge in [-0.05, 0) is 60.6 Å². The standard InChI is InChI=1S/C17H24BrN/c1-11-13(18)6-5-7-14(11)19-15-16(2,3)12-8-9-17(15,4)10-12/h5-7,12,15,19H,8-10H2,1-4H3. The van der Waals surface area contributed by atoms with Gasteiger partial charge in [0.1, 0.15) is 0 Å². The number of rotatable bonds is 2. The van der Waals surface area contributed by atoms with E-state index in [1.54, 1.807) is 0 Å². The summed E-state index contributed by atoms with van der Waals surface area (Å²) in [6.07, 6.45) is 4.19. The first-order valence-electron chi connectivity index (χ1n) is 7.36. The van der Waals surface area contributed by atoms with E-state index < -0.39 is 0 Å². The summed E-state index contributed by atoms with van der Waals surface area (Å²) in [4.78, 5) is 0. The van der Waals surface area contributed by atoms with Crippen molar-refractivity contribution in [3.8, 4) is 0 Å². The molecule has 0 saturated heterocycles. The van der Waals surface area contributed by atoms with Crippen molar-refractivity contribution in [3.63, 3.8) is 0 Å². The second-order valence-corrected chi connectivity index (χ2v) is 8.26. The van der Waals surface area contributed by atoms with Crippen molar-refractivity contribution < 1.29 is 0 Å². The molecule has 2 saturated carbocycles. The lowest BCUT2D eigenvalue weighted by Crippen LogP contribution is -2.45. The second kappa shape index (κ2) is 4.25.